The highest BCUT2D eigenvalue weighted by Crippen LogP contribution is 2.59. The Kier molecular flexibility index (Phi) is 14.2. The average Bonchev–Trinajstić information content (AvgIpc) is 3.88. The molecule has 5 aromatic rings. The second-order valence-electron chi connectivity index (χ2n) is 18.6. The van der Waals surface area contributed by atoms with Crippen LogP contribution in [0.25, 0.3) is 28.0 Å². The minimum Gasteiger partial charge on any atom is -0.497 e. The Balaban J connectivity index is 1.23. The van der Waals surface area contributed by atoms with Crippen molar-refractivity contribution in [1.82, 2.24) is 0 Å². The maximum atomic E-state index is 10.4. The standard InChI is InChI=1S/C56H56N4O7S2/c1-9-60(10-2)40-18-11-36(12-19-40)17-25-45-48-50(65-34-55(5,32-63-48)27-37-13-20-41(61-7)21-14-37)52(68-45)53-51-49(64-33-56(6,35-66-51)28-38-15-22-42(62-8)23-16-38)46(69-53)26-24-44-43(31-59)47(39(29-57)30-58)67-54(44,3)4/h11-26H,9-10,27-28,32-35H2,1-8H3/b25-17-,26-24+. The molecule has 354 valence electrons. The number of allylic oxidation sites excluding steroid dienone is 2. The SMILES string of the molecule is CCN(CC)c1ccc(/C=C\c2sc(-c3sc(/C=C/C4=C(C#N)C(=C(C#N)C#N)OC4(C)C)c4c3OCC(C)(Cc3ccc(OC)cc3)CO4)c3c2OCC(C)(Cc2ccc(OC)cc2)CO3)cc1. The summed E-state index contributed by atoms with van der Waals surface area (Å²) >= 11 is 3.07. The van der Waals surface area contributed by atoms with E-state index >= 15 is 0 Å². The average molecular weight is 961 g/mol. The normalized spacial score (nSPS) is 19.3. The number of rotatable bonds is 14. The molecule has 2 atom stereocenters. The van der Waals surface area contributed by atoms with E-state index in [4.69, 9.17) is 33.2 Å². The first-order valence-electron chi connectivity index (χ1n) is 23.0. The van der Waals surface area contributed by atoms with Gasteiger partial charge in [0.05, 0.1) is 60.2 Å². The van der Waals surface area contributed by atoms with Crippen molar-refractivity contribution in [3.8, 4) is 62.5 Å². The molecule has 0 radical (unpaired) electrons. The summed E-state index contributed by atoms with van der Waals surface area (Å²) in [7, 11) is 3.33. The summed E-state index contributed by atoms with van der Waals surface area (Å²) in [6.45, 7) is 15.7. The first-order chi connectivity index (χ1) is 33.3. The van der Waals surface area contributed by atoms with Gasteiger partial charge in [-0.2, -0.15) is 15.8 Å². The fraction of sp³-hybridized carbons (Fsp3) is 0.339. The van der Waals surface area contributed by atoms with Crippen LogP contribution in [-0.2, 0) is 17.6 Å². The molecule has 0 N–H and O–H groups in total. The van der Waals surface area contributed by atoms with E-state index in [0.29, 0.717) is 61.4 Å². The van der Waals surface area contributed by atoms with Gasteiger partial charge in [-0.1, -0.05) is 62.4 Å². The van der Waals surface area contributed by atoms with Crippen LogP contribution in [0.1, 0.15) is 68.0 Å². The van der Waals surface area contributed by atoms with Gasteiger partial charge in [-0.05, 0) is 106 Å². The Hall–Kier alpha value is -7.11. The largest absolute Gasteiger partial charge is 0.497 e. The third-order valence-electron chi connectivity index (χ3n) is 12.7. The van der Waals surface area contributed by atoms with Crippen LogP contribution in [0.2, 0.25) is 0 Å². The number of nitrogens with zero attached hydrogens (tertiary/aromatic N) is 4. The fourth-order valence-corrected chi connectivity index (χ4v) is 11.1. The lowest BCUT2D eigenvalue weighted by Crippen LogP contribution is -2.32. The Morgan fingerprint density at radius 1 is 0.623 bits per heavy atom. The van der Waals surface area contributed by atoms with Crippen LogP contribution in [0.15, 0.2) is 101 Å². The summed E-state index contributed by atoms with van der Waals surface area (Å²) in [5.41, 5.74) is 3.10. The van der Waals surface area contributed by atoms with Crippen molar-refractivity contribution in [2.75, 3.05) is 58.6 Å². The Labute approximate surface area is 413 Å². The van der Waals surface area contributed by atoms with E-state index in [1.165, 1.54) is 17.0 Å². The zero-order valence-corrected chi connectivity index (χ0v) is 42.0. The lowest BCUT2D eigenvalue weighted by atomic mass is 9.85. The van der Waals surface area contributed by atoms with Gasteiger partial charge in [0, 0.05) is 35.2 Å². The molecule has 0 spiro atoms. The van der Waals surface area contributed by atoms with Crippen molar-refractivity contribution >= 4 is 46.6 Å². The fourth-order valence-electron chi connectivity index (χ4n) is 8.83. The maximum absolute atomic E-state index is 10.4. The zero-order valence-electron chi connectivity index (χ0n) is 40.4. The van der Waals surface area contributed by atoms with Gasteiger partial charge in [0.2, 0.25) is 0 Å². The quantitative estimate of drug-likeness (QED) is 0.0983. The minimum absolute atomic E-state index is 0.0236. The smallest absolute Gasteiger partial charge is 0.181 e. The van der Waals surface area contributed by atoms with Gasteiger partial charge in [0.1, 0.15) is 40.9 Å². The van der Waals surface area contributed by atoms with Gasteiger partial charge in [-0.3, -0.25) is 0 Å². The molecule has 0 fully saturated rings. The van der Waals surface area contributed by atoms with Crippen LogP contribution in [0.3, 0.4) is 0 Å². The number of hydrogen-bond acceptors (Lipinski definition) is 13. The second kappa shape index (κ2) is 20.2. The number of nitriles is 3. The van der Waals surface area contributed by atoms with Crippen molar-refractivity contribution in [3.63, 3.8) is 0 Å². The van der Waals surface area contributed by atoms with E-state index in [-0.39, 0.29) is 22.3 Å². The molecule has 11 nitrogen and oxygen atoms in total. The Morgan fingerprint density at radius 3 is 1.49 bits per heavy atom. The number of anilines is 1. The highest BCUT2D eigenvalue weighted by molar-refractivity contribution is 7.24. The summed E-state index contributed by atoms with van der Waals surface area (Å²) in [4.78, 5) is 5.64. The molecule has 13 heteroatoms. The van der Waals surface area contributed by atoms with Gasteiger partial charge < -0.3 is 38.1 Å². The van der Waals surface area contributed by atoms with Gasteiger partial charge in [0.15, 0.2) is 34.3 Å². The second-order valence-corrected chi connectivity index (χ2v) is 20.7. The first-order valence-corrected chi connectivity index (χ1v) is 24.6. The predicted octanol–water partition coefficient (Wildman–Crippen LogP) is 12.5. The highest BCUT2D eigenvalue weighted by Gasteiger charge is 2.41. The molecule has 69 heavy (non-hydrogen) atoms. The Morgan fingerprint density at radius 2 is 1.07 bits per heavy atom. The van der Waals surface area contributed by atoms with E-state index < -0.39 is 11.0 Å². The van der Waals surface area contributed by atoms with Gasteiger partial charge in [-0.15, -0.1) is 22.7 Å². The molecule has 3 aliphatic rings. The topological polar surface area (TPSA) is 139 Å². The molecule has 2 unspecified atom stereocenters. The molecule has 2 aromatic heterocycles. The molecule has 0 aliphatic carbocycles. The number of methoxy groups -OCH3 is 2. The van der Waals surface area contributed by atoms with Crippen molar-refractivity contribution in [2.45, 2.75) is 60.0 Å². The minimum atomic E-state index is -1.01. The van der Waals surface area contributed by atoms with Crippen LogP contribution in [0, 0.1) is 44.8 Å². The summed E-state index contributed by atoms with van der Waals surface area (Å²) in [6.07, 6.45) is 9.34. The molecule has 5 heterocycles. The number of fused-ring (bicyclic) bond motifs is 2. The molecule has 0 bridgehead atoms. The molecule has 0 saturated carbocycles. The number of thiophene rings is 2. The predicted molar refractivity (Wildman–Crippen MR) is 273 cm³/mol. The van der Waals surface area contributed by atoms with E-state index in [2.05, 4.69) is 99.3 Å². The van der Waals surface area contributed by atoms with Crippen molar-refractivity contribution in [1.29, 1.82) is 15.8 Å². The zero-order chi connectivity index (χ0) is 48.9. The van der Waals surface area contributed by atoms with Crippen molar-refractivity contribution < 1.29 is 33.2 Å². The van der Waals surface area contributed by atoms with Gasteiger partial charge in [-0.25, -0.2) is 0 Å². The monoisotopic (exact) mass is 960 g/mol. The van der Waals surface area contributed by atoms with Crippen LogP contribution >= 0.6 is 22.7 Å². The summed E-state index contributed by atoms with van der Waals surface area (Å²) < 4.78 is 44.7. The van der Waals surface area contributed by atoms with E-state index in [0.717, 1.165) is 67.2 Å². The summed E-state index contributed by atoms with van der Waals surface area (Å²) in [6, 6.07) is 30.7. The lowest BCUT2D eigenvalue weighted by molar-refractivity contribution is 0.0954. The molecule has 3 aromatic carbocycles. The number of benzene rings is 3. The number of ether oxygens (including phenoxy) is 7. The molecule has 8 rings (SSSR count). The Bertz CT molecular complexity index is 2940. The number of hydrogen-bond donors (Lipinski definition) is 0. The lowest BCUT2D eigenvalue weighted by Gasteiger charge is -2.27. The third-order valence-corrected chi connectivity index (χ3v) is 15.1. The molecular formula is C56H56N4O7S2. The van der Waals surface area contributed by atoms with Crippen LogP contribution in [-0.4, -0.2) is 59.3 Å². The van der Waals surface area contributed by atoms with Crippen molar-refractivity contribution in [2.24, 2.45) is 10.8 Å². The van der Waals surface area contributed by atoms with Crippen LogP contribution in [0.4, 0.5) is 5.69 Å². The van der Waals surface area contributed by atoms with E-state index in [9.17, 15) is 15.8 Å². The summed E-state index contributed by atoms with van der Waals surface area (Å²) in [5, 5.41) is 29.8. The van der Waals surface area contributed by atoms with Gasteiger partial charge >= 0.3 is 0 Å². The van der Waals surface area contributed by atoms with Gasteiger partial charge in [0.25, 0.3) is 0 Å². The van der Waals surface area contributed by atoms with Crippen molar-refractivity contribution in [3.05, 3.63) is 128 Å². The molecule has 3 aliphatic heterocycles. The third kappa shape index (κ3) is 10.2. The molecular weight excluding hydrogens is 905 g/mol. The highest BCUT2D eigenvalue weighted by atomic mass is 32.1. The van der Waals surface area contributed by atoms with E-state index in [1.54, 1.807) is 25.6 Å². The first kappa shape index (κ1) is 48.4. The van der Waals surface area contributed by atoms with E-state index in [1.807, 2.05) is 62.4 Å². The molecule has 0 saturated heterocycles. The van der Waals surface area contributed by atoms with Crippen LogP contribution < -0.4 is 33.3 Å². The molecule has 0 amide bonds. The van der Waals surface area contributed by atoms with Crippen LogP contribution in [0.5, 0.6) is 34.5 Å². The summed E-state index contributed by atoms with van der Waals surface area (Å²) in [5.74, 6) is 4.03. The maximum Gasteiger partial charge on any atom is 0.181 e.